The zero-order chi connectivity index (χ0) is 51.1. The van der Waals surface area contributed by atoms with E-state index in [0.717, 1.165) is 25.2 Å². The van der Waals surface area contributed by atoms with Crippen LogP contribution >= 0.6 is 0 Å². The Morgan fingerprint density at radius 3 is 1.51 bits per heavy atom. The van der Waals surface area contributed by atoms with Gasteiger partial charge in [0.15, 0.2) is 0 Å². The van der Waals surface area contributed by atoms with Crippen molar-refractivity contribution in [3.8, 4) is 0 Å². The molecule has 8 fully saturated rings. The van der Waals surface area contributed by atoms with Gasteiger partial charge in [0.25, 0.3) is 0 Å². The summed E-state index contributed by atoms with van der Waals surface area (Å²) in [5, 5.41) is 42.1. The predicted octanol–water partition coefficient (Wildman–Crippen LogP) is 12.8. The Morgan fingerprint density at radius 1 is 0.629 bits per heavy atom. The zero-order valence-corrected chi connectivity index (χ0v) is 46.4. The number of ether oxygens (including phenoxy) is 4. The molecule has 0 aromatic rings. The summed E-state index contributed by atoms with van der Waals surface area (Å²) in [6.45, 7) is 28.1. The summed E-state index contributed by atoms with van der Waals surface area (Å²) in [4.78, 5) is 0. The molecule has 0 amide bonds. The fourth-order valence-corrected chi connectivity index (χ4v) is 17.0. The molecule has 0 aromatic heterocycles. The topological polar surface area (TPSA) is 118 Å². The molecule has 0 heterocycles. The third-order valence-corrected chi connectivity index (χ3v) is 22.4. The fraction of sp³-hybridized carbons (Fsp3) is 0.839. The maximum atomic E-state index is 11.2. The molecule has 4 N–H and O–H groups in total. The second-order valence-electron chi connectivity index (χ2n) is 26.4. The van der Waals surface area contributed by atoms with E-state index in [-0.39, 0.29) is 65.0 Å². The SMILES string of the molecule is C=C1CC[C@@H]2C[C@]12[C@@H](/C=C1\CCC[C@]2(C)[C@@H]([C@H](C)/C=C/[C@H](C)C(C)(C)OCOC)CC[C@@H]12)CO.COCOC(C)(C)[C@@H](C)/C=C/[C@@H](C)[C@H]1CC[C@H]2/C(=C/[C@@H](CO)[C@]34C[C@H]3CCC4(O)CO)CCC[C@]12C. The highest BCUT2D eigenvalue weighted by Gasteiger charge is 2.72. The largest absolute Gasteiger partial charge is 0.396 e. The van der Waals surface area contributed by atoms with Crippen LogP contribution in [0.5, 0.6) is 0 Å². The second-order valence-corrected chi connectivity index (χ2v) is 26.4. The lowest BCUT2D eigenvalue weighted by Gasteiger charge is -2.45. The Kier molecular flexibility index (Phi) is 17.6. The highest BCUT2D eigenvalue weighted by atomic mass is 16.7. The van der Waals surface area contributed by atoms with Crippen LogP contribution in [0.15, 0.2) is 59.8 Å². The van der Waals surface area contributed by atoms with Crippen LogP contribution in [0, 0.1) is 92.7 Å². The number of rotatable bonds is 21. The average Bonchev–Trinajstić information content (AvgIpc) is 4.07. The van der Waals surface area contributed by atoms with Gasteiger partial charge in [-0.15, -0.1) is 0 Å². The quantitative estimate of drug-likeness (QED) is 0.0664. The molecule has 0 bridgehead atoms. The van der Waals surface area contributed by atoms with Crippen LogP contribution in [-0.2, 0) is 18.9 Å². The predicted molar refractivity (Wildman–Crippen MR) is 283 cm³/mol. The van der Waals surface area contributed by atoms with Crippen molar-refractivity contribution in [2.75, 3.05) is 47.6 Å². The van der Waals surface area contributed by atoms with E-state index in [2.05, 4.69) is 112 Å². The van der Waals surface area contributed by atoms with Crippen LogP contribution in [0.3, 0.4) is 0 Å². The van der Waals surface area contributed by atoms with E-state index in [1.54, 1.807) is 19.8 Å². The van der Waals surface area contributed by atoms with Crippen LogP contribution in [0.25, 0.3) is 0 Å². The minimum Gasteiger partial charge on any atom is -0.396 e. The monoisotopic (exact) mass is 975 g/mol. The van der Waals surface area contributed by atoms with Gasteiger partial charge >= 0.3 is 0 Å². The Labute approximate surface area is 426 Å². The first-order valence-corrected chi connectivity index (χ1v) is 28.4. The molecule has 0 spiro atoms. The molecule has 0 radical (unpaired) electrons. The van der Waals surface area contributed by atoms with Crippen molar-refractivity contribution < 1.29 is 39.4 Å². The molecule has 8 aliphatic carbocycles. The van der Waals surface area contributed by atoms with Crippen molar-refractivity contribution in [1.82, 2.24) is 0 Å². The number of aliphatic hydroxyl groups is 4. The average molecular weight is 975 g/mol. The first-order chi connectivity index (χ1) is 33.1. The molecule has 0 saturated heterocycles. The third-order valence-electron chi connectivity index (χ3n) is 22.4. The van der Waals surface area contributed by atoms with Crippen LogP contribution in [0.2, 0.25) is 0 Å². The van der Waals surface area contributed by atoms with Crippen molar-refractivity contribution in [3.05, 3.63) is 59.8 Å². The molecular weight excluding hydrogens is 873 g/mol. The first-order valence-electron chi connectivity index (χ1n) is 28.4. The molecule has 8 saturated carbocycles. The summed E-state index contributed by atoms with van der Waals surface area (Å²) >= 11 is 0. The van der Waals surface area contributed by atoms with Gasteiger partial charge in [-0.05, 0) is 189 Å². The number of fused-ring (bicyclic) bond motifs is 4. The van der Waals surface area contributed by atoms with Crippen LogP contribution in [0.1, 0.15) is 172 Å². The third kappa shape index (κ3) is 10.4. The van der Waals surface area contributed by atoms with Gasteiger partial charge in [0.05, 0.1) is 30.0 Å². The van der Waals surface area contributed by atoms with E-state index < -0.39 is 5.60 Å². The van der Waals surface area contributed by atoms with Crippen LogP contribution in [0.4, 0.5) is 0 Å². The maximum absolute atomic E-state index is 11.2. The first kappa shape index (κ1) is 56.1. The van der Waals surface area contributed by atoms with E-state index in [0.29, 0.717) is 72.8 Å². The van der Waals surface area contributed by atoms with Gasteiger partial charge in [-0.1, -0.05) is 101 Å². The van der Waals surface area contributed by atoms with Gasteiger partial charge < -0.3 is 39.4 Å². The molecule has 8 heteroatoms. The minimum atomic E-state index is -1.03. The van der Waals surface area contributed by atoms with E-state index in [9.17, 15) is 20.4 Å². The summed E-state index contributed by atoms with van der Waals surface area (Å²) < 4.78 is 22.1. The number of aliphatic hydroxyl groups excluding tert-OH is 3. The van der Waals surface area contributed by atoms with Crippen LogP contribution in [-0.4, -0.2) is 84.9 Å². The standard InChI is InChI=1S/C31H52O5.C31H50O3/c1-21(9-10-22(2)28(3,4)36-20-35-6)26-11-12-27-23(8-7-14-29(26,27)5)16-25(18-32)31-17-24(31)13-15-30(31,34)19-33;1-21(10-11-22(2)29(4,5)34-20-33-7)27-14-15-28-24(9-8-16-30(27,28)6)17-26(19-32)31-18-25(31)13-12-23(31)3/h9-10,16,21-22,24-27,32-34H,7-8,11-15,17-20H2,1-6H3;10-11,17,21-22,25-28,32H,3,8-9,12-16,18-20H2,1-2,4-7H3/b10-9+,23-16+;11-10+,24-17+/t21-,22+,24-,25+,26-,27+,29-,30?,31+;21-,22+,25-,26+,27-,28+,30-,31+/m11/s1. The molecule has 0 aliphatic heterocycles. The minimum absolute atomic E-state index is 0.0500. The highest BCUT2D eigenvalue weighted by Crippen LogP contribution is 2.73. The molecule has 398 valence electrons. The summed E-state index contributed by atoms with van der Waals surface area (Å²) in [6.07, 6.45) is 33.3. The Balaban J connectivity index is 0.000000207. The molecule has 8 rings (SSSR count). The molecule has 8 nitrogen and oxygen atoms in total. The zero-order valence-electron chi connectivity index (χ0n) is 46.4. The van der Waals surface area contributed by atoms with Crippen molar-refractivity contribution in [3.63, 3.8) is 0 Å². The maximum Gasteiger partial charge on any atom is 0.147 e. The van der Waals surface area contributed by atoms with Crippen molar-refractivity contribution in [2.45, 2.75) is 189 Å². The normalized spacial score (nSPS) is 40.7. The van der Waals surface area contributed by atoms with E-state index in [4.69, 9.17) is 18.9 Å². The molecule has 0 aromatic carbocycles. The number of allylic oxidation sites excluding steroid dienone is 5. The Bertz CT molecular complexity index is 1910. The van der Waals surface area contributed by atoms with Gasteiger partial charge in [-0.25, -0.2) is 0 Å². The molecule has 8 aliphatic rings. The smallest absolute Gasteiger partial charge is 0.147 e. The van der Waals surface area contributed by atoms with Gasteiger partial charge in [0, 0.05) is 55.3 Å². The summed E-state index contributed by atoms with van der Waals surface area (Å²) in [7, 11) is 3.34. The van der Waals surface area contributed by atoms with E-state index in [1.807, 2.05) is 0 Å². The lowest BCUT2D eigenvalue weighted by molar-refractivity contribution is -0.128. The summed E-state index contributed by atoms with van der Waals surface area (Å²) in [5.41, 5.74) is 3.59. The highest BCUT2D eigenvalue weighted by molar-refractivity contribution is 5.34. The molecule has 1 unspecified atom stereocenters. The van der Waals surface area contributed by atoms with E-state index in [1.165, 1.54) is 88.2 Å². The van der Waals surface area contributed by atoms with Crippen LogP contribution < -0.4 is 0 Å². The van der Waals surface area contributed by atoms with Gasteiger partial charge in [0.1, 0.15) is 13.6 Å². The second kappa shape index (κ2) is 21.9. The summed E-state index contributed by atoms with van der Waals surface area (Å²) in [6, 6.07) is 0. The van der Waals surface area contributed by atoms with Crippen molar-refractivity contribution in [1.29, 1.82) is 0 Å². The van der Waals surface area contributed by atoms with Crippen molar-refractivity contribution in [2.24, 2.45) is 92.7 Å². The number of hydrogen-bond donors (Lipinski definition) is 4. The Morgan fingerprint density at radius 2 is 1.11 bits per heavy atom. The molecule has 17 atom stereocenters. The van der Waals surface area contributed by atoms with Gasteiger partial charge in [0.2, 0.25) is 0 Å². The van der Waals surface area contributed by atoms with Gasteiger partial charge in [-0.2, -0.15) is 0 Å². The lowest BCUT2D eigenvalue weighted by Crippen LogP contribution is -2.46. The van der Waals surface area contributed by atoms with Gasteiger partial charge in [-0.3, -0.25) is 0 Å². The molecular formula is C62H102O8. The fourth-order valence-electron chi connectivity index (χ4n) is 17.0. The van der Waals surface area contributed by atoms with E-state index >= 15 is 0 Å². The number of methoxy groups -OCH3 is 2. The molecule has 70 heavy (non-hydrogen) atoms. The lowest BCUT2D eigenvalue weighted by atomic mass is 9.60. The Hall–Kier alpha value is -1.62. The number of hydrogen-bond acceptors (Lipinski definition) is 8. The van der Waals surface area contributed by atoms with Crippen molar-refractivity contribution >= 4 is 0 Å². The summed E-state index contributed by atoms with van der Waals surface area (Å²) in [5.74, 6) is 5.72.